The zero-order chi connectivity index (χ0) is 21.1. The van der Waals surface area contributed by atoms with Gasteiger partial charge >= 0.3 is 0 Å². The van der Waals surface area contributed by atoms with E-state index in [1.54, 1.807) is 0 Å². The second kappa shape index (κ2) is 9.02. The van der Waals surface area contributed by atoms with E-state index < -0.39 is 0 Å². The number of carbonyl (C=O) groups excluding carboxylic acids is 1. The van der Waals surface area contributed by atoms with E-state index in [-0.39, 0.29) is 18.4 Å². The van der Waals surface area contributed by atoms with Gasteiger partial charge in [-0.1, -0.05) is 48.0 Å². The smallest absolute Gasteiger partial charge is 0.228 e. The Kier molecular flexibility index (Phi) is 6.21. The van der Waals surface area contributed by atoms with Crippen LogP contribution in [-0.4, -0.2) is 46.9 Å². The van der Waals surface area contributed by atoms with E-state index in [2.05, 4.69) is 22.9 Å². The van der Waals surface area contributed by atoms with Gasteiger partial charge in [0.1, 0.15) is 5.76 Å². The summed E-state index contributed by atoms with van der Waals surface area (Å²) in [6.45, 7) is 7.09. The molecule has 0 aliphatic carbocycles. The van der Waals surface area contributed by atoms with Crippen molar-refractivity contribution in [3.8, 4) is 11.5 Å². The Balaban J connectivity index is 1.36. The fourth-order valence-electron chi connectivity index (χ4n) is 3.92. The molecule has 156 valence electrons. The van der Waals surface area contributed by atoms with Crippen molar-refractivity contribution in [2.24, 2.45) is 0 Å². The highest BCUT2D eigenvalue weighted by atomic mass is 35.5. The number of piperazine rings is 1. The predicted octanol–water partition coefficient (Wildman–Crippen LogP) is 4.75. The minimum absolute atomic E-state index is 0.0936. The third kappa shape index (κ3) is 4.42. The van der Waals surface area contributed by atoms with Gasteiger partial charge in [0.05, 0.1) is 12.1 Å². The first kappa shape index (κ1) is 20.6. The summed E-state index contributed by atoms with van der Waals surface area (Å²) < 4.78 is 5.80. The zero-order valence-corrected chi connectivity index (χ0v) is 18.1. The molecule has 2 heterocycles. The van der Waals surface area contributed by atoms with Gasteiger partial charge in [-0.3, -0.25) is 9.69 Å². The van der Waals surface area contributed by atoms with Crippen LogP contribution in [0.1, 0.15) is 30.0 Å². The second-order valence-corrected chi connectivity index (χ2v) is 8.09. The standard InChI is InChI=1S/C24H26ClN3O2/c1-17(20-10-6-7-11-21(20)25)27-12-14-28(15-13-27)23(29)16-22-18(2)30-24(26-22)19-8-4-3-5-9-19/h3-11,17H,12-16H2,1-2H3. The van der Waals surface area contributed by atoms with Crippen molar-refractivity contribution < 1.29 is 9.21 Å². The second-order valence-electron chi connectivity index (χ2n) is 7.68. The molecule has 1 saturated heterocycles. The average Bonchev–Trinajstić information content (AvgIpc) is 3.14. The Morgan fingerprint density at radius 3 is 2.43 bits per heavy atom. The molecule has 1 unspecified atom stereocenters. The van der Waals surface area contributed by atoms with Gasteiger partial charge in [0.25, 0.3) is 0 Å². The van der Waals surface area contributed by atoms with Gasteiger partial charge in [-0.05, 0) is 37.6 Å². The predicted molar refractivity (Wildman–Crippen MR) is 118 cm³/mol. The summed E-state index contributed by atoms with van der Waals surface area (Å²) in [6.07, 6.45) is 0.266. The molecule has 1 aliphatic heterocycles. The van der Waals surface area contributed by atoms with Gasteiger partial charge in [0.15, 0.2) is 0 Å². The number of hydrogen-bond acceptors (Lipinski definition) is 4. The molecular weight excluding hydrogens is 398 g/mol. The summed E-state index contributed by atoms with van der Waals surface area (Å²) in [4.78, 5) is 21.7. The number of aromatic nitrogens is 1. The minimum atomic E-state index is 0.0936. The fraction of sp³-hybridized carbons (Fsp3) is 0.333. The van der Waals surface area contributed by atoms with E-state index in [1.807, 2.05) is 60.4 Å². The van der Waals surface area contributed by atoms with Crippen LogP contribution in [0.4, 0.5) is 0 Å². The van der Waals surface area contributed by atoms with E-state index in [4.69, 9.17) is 16.0 Å². The molecule has 6 heteroatoms. The van der Waals surface area contributed by atoms with E-state index in [1.165, 1.54) is 0 Å². The summed E-state index contributed by atoms with van der Waals surface area (Å²) in [7, 11) is 0. The summed E-state index contributed by atoms with van der Waals surface area (Å²) in [6, 6.07) is 17.9. The molecular formula is C24H26ClN3O2. The topological polar surface area (TPSA) is 49.6 Å². The van der Waals surface area contributed by atoms with Gasteiger partial charge in [-0.15, -0.1) is 0 Å². The van der Waals surface area contributed by atoms with E-state index >= 15 is 0 Å². The third-order valence-electron chi connectivity index (χ3n) is 5.80. The first-order valence-electron chi connectivity index (χ1n) is 10.3. The number of benzene rings is 2. The van der Waals surface area contributed by atoms with E-state index in [0.29, 0.717) is 30.4 Å². The number of nitrogens with zero attached hydrogens (tertiary/aromatic N) is 3. The molecule has 0 spiro atoms. The molecule has 0 saturated carbocycles. The number of rotatable bonds is 5. The van der Waals surface area contributed by atoms with Crippen LogP contribution in [0, 0.1) is 6.92 Å². The molecule has 0 N–H and O–H groups in total. The van der Waals surface area contributed by atoms with Gasteiger partial charge in [0, 0.05) is 42.8 Å². The lowest BCUT2D eigenvalue weighted by molar-refractivity contribution is -0.132. The molecule has 2 aromatic carbocycles. The van der Waals surface area contributed by atoms with Crippen molar-refractivity contribution >= 4 is 17.5 Å². The molecule has 3 aromatic rings. The molecule has 4 rings (SSSR count). The fourth-order valence-corrected chi connectivity index (χ4v) is 4.21. The first-order chi connectivity index (χ1) is 14.5. The van der Waals surface area contributed by atoms with Crippen LogP contribution in [0.15, 0.2) is 59.0 Å². The average molecular weight is 424 g/mol. The molecule has 1 amide bonds. The Labute approximate surface area is 182 Å². The van der Waals surface area contributed by atoms with Crippen LogP contribution < -0.4 is 0 Å². The van der Waals surface area contributed by atoms with E-state index in [9.17, 15) is 4.79 Å². The number of carbonyl (C=O) groups is 1. The van der Waals surface area contributed by atoms with Crippen molar-refractivity contribution in [1.29, 1.82) is 0 Å². The lowest BCUT2D eigenvalue weighted by atomic mass is 10.1. The van der Waals surface area contributed by atoms with Crippen LogP contribution in [-0.2, 0) is 11.2 Å². The highest BCUT2D eigenvalue weighted by molar-refractivity contribution is 6.31. The number of oxazole rings is 1. The van der Waals surface area contributed by atoms with Crippen molar-refractivity contribution in [3.05, 3.63) is 76.6 Å². The molecule has 1 atom stereocenters. The Morgan fingerprint density at radius 1 is 1.07 bits per heavy atom. The zero-order valence-electron chi connectivity index (χ0n) is 17.3. The lowest BCUT2D eigenvalue weighted by Gasteiger charge is -2.38. The van der Waals surface area contributed by atoms with Crippen LogP contribution in [0.5, 0.6) is 0 Å². The van der Waals surface area contributed by atoms with Crippen LogP contribution >= 0.6 is 11.6 Å². The largest absolute Gasteiger partial charge is 0.441 e. The molecule has 5 nitrogen and oxygen atoms in total. The van der Waals surface area contributed by atoms with Gasteiger partial charge in [-0.25, -0.2) is 4.98 Å². The van der Waals surface area contributed by atoms with Gasteiger partial charge in [-0.2, -0.15) is 0 Å². The molecule has 1 aromatic heterocycles. The van der Waals surface area contributed by atoms with Gasteiger partial charge < -0.3 is 9.32 Å². The van der Waals surface area contributed by atoms with Crippen LogP contribution in [0.2, 0.25) is 5.02 Å². The monoisotopic (exact) mass is 423 g/mol. The number of halogens is 1. The van der Waals surface area contributed by atoms with Crippen molar-refractivity contribution in [3.63, 3.8) is 0 Å². The Bertz CT molecular complexity index is 1010. The lowest BCUT2D eigenvalue weighted by Crippen LogP contribution is -2.49. The SMILES string of the molecule is Cc1oc(-c2ccccc2)nc1CC(=O)N1CCN(C(C)c2ccccc2Cl)CC1. The van der Waals surface area contributed by atoms with Crippen LogP contribution in [0.25, 0.3) is 11.5 Å². The summed E-state index contributed by atoms with van der Waals surface area (Å²) >= 11 is 6.36. The maximum atomic E-state index is 12.9. The van der Waals surface area contributed by atoms with Crippen molar-refractivity contribution in [2.45, 2.75) is 26.3 Å². The summed E-state index contributed by atoms with van der Waals surface area (Å²) in [5.41, 5.74) is 2.76. The maximum Gasteiger partial charge on any atom is 0.228 e. The molecule has 1 fully saturated rings. The summed E-state index contributed by atoms with van der Waals surface area (Å²) in [5, 5.41) is 0.791. The highest BCUT2D eigenvalue weighted by Crippen LogP contribution is 2.28. The third-order valence-corrected chi connectivity index (χ3v) is 6.15. The normalized spacial score (nSPS) is 15.9. The Hall–Kier alpha value is -2.63. The van der Waals surface area contributed by atoms with E-state index in [0.717, 1.165) is 29.2 Å². The quantitative estimate of drug-likeness (QED) is 0.594. The number of aryl methyl sites for hydroxylation is 1. The van der Waals surface area contributed by atoms with Crippen molar-refractivity contribution in [2.75, 3.05) is 26.2 Å². The number of amides is 1. The number of hydrogen-bond donors (Lipinski definition) is 0. The van der Waals surface area contributed by atoms with Crippen molar-refractivity contribution in [1.82, 2.24) is 14.8 Å². The Morgan fingerprint density at radius 2 is 1.73 bits per heavy atom. The highest BCUT2D eigenvalue weighted by Gasteiger charge is 2.26. The molecule has 0 radical (unpaired) electrons. The minimum Gasteiger partial charge on any atom is -0.441 e. The first-order valence-corrected chi connectivity index (χ1v) is 10.7. The molecule has 1 aliphatic rings. The van der Waals surface area contributed by atoms with Crippen LogP contribution in [0.3, 0.4) is 0 Å². The summed E-state index contributed by atoms with van der Waals surface area (Å²) in [5.74, 6) is 1.36. The maximum absolute atomic E-state index is 12.9. The van der Waals surface area contributed by atoms with Gasteiger partial charge in [0.2, 0.25) is 11.8 Å². The molecule has 30 heavy (non-hydrogen) atoms. The molecule has 0 bridgehead atoms.